The first-order valence-corrected chi connectivity index (χ1v) is 6.18. The Morgan fingerprint density at radius 2 is 2.05 bits per heavy atom. The van der Waals surface area contributed by atoms with Crippen LogP contribution in [0.1, 0.15) is 31.2 Å². The summed E-state index contributed by atoms with van der Waals surface area (Å²) in [5, 5.41) is 34.5. The number of amidine groups is 1. The second-order valence-electron chi connectivity index (χ2n) is 5.09. The van der Waals surface area contributed by atoms with Crippen LogP contribution in [0, 0.1) is 0 Å². The Balaban J connectivity index is 1.91. The van der Waals surface area contributed by atoms with Crippen molar-refractivity contribution < 1.29 is 19.9 Å². The van der Waals surface area contributed by atoms with E-state index in [2.05, 4.69) is 10.1 Å². The number of anilines is 1. The second kappa shape index (κ2) is 4.19. The van der Waals surface area contributed by atoms with Crippen LogP contribution in [-0.2, 0) is 0 Å². The van der Waals surface area contributed by atoms with Crippen LogP contribution in [0.15, 0.2) is 15.8 Å². The van der Waals surface area contributed by atoms with Crippen LogP contribution in [0.2, 0.25) is 0 Å². The number of nitrogens with zero attached hydrogens (tertiary/aromatic N) is 3. The number of aromatic nitrogens is 1. The van der Waals surface area contributed by atoms with E-state index < -0.39 is 17.9 Å². The Morgan fingerprint density at radius 1 is 1.37 bits per heavy atom. The van der Waals surface area contributed by atoms with Crippen molar-refractivity contribution in [3.8, 4) is 0 Å². The molecule has 1 saturated carbocycles. The molecule has 104 valence electrons. The number of hydrogen-bond donors (Lipinski definition) is 4. The third-order valence-corrected chi connectivity index (χ3v) is 4.01. The van der Waals surface area contributed by atoms with Crippen LogP contribution in [0.5, 0.6) is 0 Å². The Kier molecular flexibility index (Phi) is 2.73. The molecule has 0 aromatic carbocycles. The lowest BCUT2D eigenvalue weighted by molar-refractivity contribution is -0.155. The minimum absolute atomic E-state index is 0.109. The SMILES string of the molecule is Nc1nocc1C1=NC(O)C2(CCC(O)CC2)N1O. The molecule has 8 heteroatoms. The maximum Gasteiger partial charge on any atom is 0.177 e. The van der Waals surface area contributed by atoms with Crippen LogP contribution in [0.4, 0.5) is 5.82 Å². The van der Waals surface area contributed by atoms with Crippen molar-refractivity contribution in [2.24, 2.45) is 4.99 Å². The van der Waals surface area contributed by atoms with Crippen molar-refractivity contribution in [1.29, 1.82) is 0 Å². The van der Waals surface area contributed by atoms with Crippen LogP contribution in [-0.4, -0.2) is 49.3 Å². The number of nitrogen functional groups attached to an aromatic ring is 1. The van der Waals surface area contributed by atoms with Gasteiger partial charge in [-0.05, 0) is 25.7 Å². The van der Waals surface area contributed by atoms with Gasteiger partial charge < -0.3 is 20.5 Å². The summed E-state index contributed by atoms with van der Waals surface area (Å²) < 4.78 is 4.72. The van der Waals surface area contributed by atoms with Gasteiger partial charge in [0.25, 0.3) is 0 Å². The van der Waals surface area contributed by atoms with Gasteiger partial charge in [0.1, 0.15) is 17.4 Å². The Bertz CT molecular complexity index is 507. The largest absolute Gasteiger partial charge is 0.393 e. The maximum absolute atomic E-state index is 10.4. The van der Waals surface area contributed by atoms with Gasteiger partial charge in [-0.25, -0.2) is 10.1 Å². The highest BCUT2D eigenvalue weighted by Crippen LogP contribution is 2.41. The van der Waals surface area contributed by atoms with E-state index in [4.69, 9.17) is 10.3 Å². The Morgan fingerprint density at radius 3 is 2.63 bits per heavy atom. The summed E-state index contributed by atoms with van der Waals surface area (Å²) in [5.74, 6) is 0.264. The zero-order chi connectivity index (χ0) is 13.6. The molecule has 1 aromatic heterocycles. The minimum Gasteiger partial charge on any atom is -0.393 e. The summed E-state index contributed by atoms with van der Waals surface area (Å²) in [6, 6.07) is 0. The number of aliphatic hydroxyl groups is 2. The molecular formula is C11H16N4O4. The number of aliphatic hydroxyl groups excluding tert-OH is 2. The molecule has 0 amide bonds. The third kappa shape index (κ3) is 1.71. The van der Waals surface area contributed by atoms with Crippen molar-refractivity contribution in [2.45, 2.75) is 43.6 Å². The lowest BCUT2D eigenvalue weighted by Gasteiger charge is -2.41. The lowest BCUT2D eigenvalue weighted by Crippen LogP contribution is -2.54. The van der Waals surface area contributed by atoms with E-state index >= 15 is 0 Å². The summed E-state index contributed by atoms with van der Waals surface area (Å²) in [6.07, 6.45) is 1.74. The summed E-state index contributed by atoms with van der Waals surface area (Å²) >= 11 is 0. The molecule has 8 nitrogen and oxygen atoms in total. The molecule has 0 saturated heterocycles. The number of rotatable bonds is 1. The van der Waals surface area contributed by atoms with Crippen molar-refractivity contribution in [3.05, 3.63) is 11.8 Å². The molecule has 2 aliphatic rings. The summed E-state index contributed by atoms with van der Waals surface area (Å²) in [5.41, 5.74) is 5.08. The summed E-state index contributed by atoms with van der Waals surface area (Å²) in [6.45, 7) is 0. The maximum atomic E-state index is 10.4. The second-order valence-corrected chi connectivity index (χ2v) is 5.09. The molecule has 0 radical (unpaired) electrons. The van der Waals surface area contributed by atoms with Crippen molar-refractivity contribution >= 4 is 11.7 Å². The summed E-state index contributed by atoms with van der Waals surface area (Å²) in [7, 11) is 0. The van der Waals surface area contributed by atoms with E-state index in [1.807, 2.05) is 0 Å². The lowest BCUT2D eigenvalue weighted by atomic mass is 9.79. The molecule has 1 fully saturated rings. The monoisotopic (exact) mass is 268 g/mol. The van der Waals surface area contributed by atoms with Gasteiger partial charge in [-0.2, -0.15) is 0 Å². The molecule has 1 aliphatic heterocycles. The highest BCUT2D eigenvalue weighted by Gasteiger charge is 2.52. The van der Waals surface area contributed by atoms with Gasteiger partial charge in [0.15, 0.2) is 17.9 Å². The van der Waals surface area contributed by atoms with Crippen molar-refractivity contribution in [3.63, 3.8) is 0 Å². The number of nitrogens with two attached hydrogens (primary N) is 1. The van der Waals surface area contributed by atoms with E-state index in [9.17, 15) is 15.4 Å². The van der Waals surface area contributed by atoms with E-state index in [1.54, 1.807) is 0 Å². The Hall–Kier alpha value is -1.64. The highest BCUT2D eigenvalue weighted by molar-refractivity contribution is 6.03. The third-order valence-electron chi connectivity index (χ3n) is 4.01. The topological polar surface area (TPSA) is 128 Å². The fourth-order valence-corrected chi connectivity index (χ4v) is 2.78. The van der Waals surface area contributed by atoms with Crippen LogP contribution >= 0.6 is 0 Å². The van der Waals surface area contributed by atoms with Crippen LogP contribution in [0.3, 0.4) is 0 Å². The number of hydroxylamine groups is 2. The quantitative estimate of drug-likeness (QED) is 0.550. The molecule has 1 unspecified atom stereocenters. The van der Waals surface area contributed by atoms with Crippen molar-refractivity contribution in [1.82, 2.24) is 10.2 Å². The first-order valence-electron chi connectivity index (χ1n) is 6.18. The van der Waals surface area contributed by atoms with Gasteiger partial charge in [0, 0.05) is 0 Å². The zero-order valence-electron chi connectivity index (χ0n) is 10.2. The van der Waals surface area contributed by atoms with Gasteiger partial charge in [0.2, 0.25) is 0 Å². The first-order chi connectivity index (χ1) is 9.04. The smallest absolute Gasteiger partial charge is 0.177 e. The molecule has 5 N–H and O–H groups in total. The minimum atomic E-state index is -1.06. The number of hydrogen-bond acceptors (Lipinski definition) is 8. The van der Waals surface area contributed by atoms with Gasteiger partial charge in [0.05, 0.1) is 6.10 Å². The zero-order valence-corrected chi connectivity index (χ0v) is 10.2. The van der Waals surface area contributed by atoms with Gasteiger partial charge in [-0.1, -0.05) is 5.16 Å². The van der Waals surface area contributed by atoms with Gasteiger partial charge >= 0.3 is 0 Å². The fourth-order valence-electron chi connectivity index (χ4n) is 2.78. The molecule has 2 heterocycles. The van der Waals surface area contributed by atoms with E-state index in [0.29, 0.717) is 31.2 Å². The number of aliphatic imine (C=N–C) groups is 1. The van der Waals surface area contributed by atoms with Gasteiger partial charge in [-0.3, -0.25) is 5.21 Å². The normalized spacial score (nSPS) is 34.9. The van der Waals surface area contributed by atoms with Crippen LogP contribution in [0.25, 0.3) is 0 Å². The molecule has 1 aromatic rings. The Labute approximate surface area is 109 Å². The summed E-state index contributed by atoms with van der Waals surface area (Å²) in [4.78, 5) is 4.06. The molecule has 1 atom stereocenters. The van der Waals surface area contributed by atoms with E-state index in [1.165, 1.54) is 6.26 Å². The molecule has 19 heavy (non-hydrogen) atoms. The molecular weight excluding hydrogens is 252 g/mol. The predicted octanol–water partition coefficient (Wildman–Crippen LogP) is -0.300. The van der Waals surface area contributed by atoms with E-state index in [-0.39, 0.29) is 11.7 Å². The fraction of sp³-hybridized carbons (Fsp3) is 0.636. The molecule has 1 aliphatic carbocycles. The molecule has 0 bridgehead atoms. The van der Waals surface area contributed by atoms with Gasteiger partial charge in [-0.15, -0.1) is 0 Å². The van der Waals surface area contributed by atoms with E-state index in [0.717, 1.165) is 5.06 Å². The predicted molar refractivity (Wildman–Crippen MR) is 64.3 cm³/mol. The van der Waals surface area contributed by atoms with Crippen molar-refractivity contribution in [2.75, 3.05) is 5.73 Å². The average molecular weight is 268 g/mol. The highest BCUT2D eigenvalue weighted by atomic mass is 16.5. The first kappa shape index (κ1) is 12.4. The molecule has 1 spiro atoms. The standard InChI is InChI=1S/C11H16N4O4/c12-8-7(5-19-14-8)9-13-10(17)11(15(9)18)3-1-6(16)2-4-11/h5-6,10,16-18H,1-4H2,(H2,12,14). The average Bonchev–Trinajstić information content (AvgIpc) is 2.90. The molecule has 3 rings (SSSR count). The van der Waals surface area contributed by atoms with Crippen LogP contribution < -0.4 is 5.73 Å².